The number of hydrogen-bond acceptors (Lipinski definition) is 6. The van der Waals surface area contributed by atoms with Crippen LogP contribution in [0.25, 0.3) is 0 Å². The summed E-state index contributed by atoms with van der Waals surface area (Å²) in [6.45, 7) is 4.16. The maximum absolute atomic E-state index is 5.80. The van der Waals surface area contributed by atoms with Crippen LogP contribution in [-0.4, -0.2) is 48.2 Å². The van der Waals surface area contributed by atoms with E-state index in [1.807, 2.05) is 37.4 Å². The molecule has 0 amide bonds. The van der Waals surface area contributed by atoms with E-state index in [0.29, 0.717) is 0 Å². The Balaban J connectivity index is 1.50. The monoisotopic (exact) mass is 313 g/mol. The smallest absolute Gasteiger partial charge is 0.135 e. The third-order valence-corrected chi connectivity index (χ3v) is 3.92. The molecular weight excluding hydrogens is 290 g/mol. The van der Waals surface area contributed by atoms with Gasteiger partial charge in [0.2, 0.25) is 0 Å². The van der Waals surface area contributed by atoms with Gasteiger partial charge in [0.15, 0.2) is 0 Å². The number of rotatable bonds is 7. The molecule has 1 aromatic heterocycles. The highest BCUT2D eigenvalue weighted by atomic mass is 16.5. The van der Waals surface area contributed by atoms with Gasteiger partial charge in [-0.2, -0.15) is 0 Å². The summed E-state index contributed by atoms with van der Waals surface area (Å²) in [4.78, 5) is 10.7. The van der Waals surface area contributed by atoms with Crippen LogP contribution in [0.5, 0.6) is 5.75 Å². The van der Waals surface area contributed by atoms with Gasteiger partial charge in [0.25, 0.3) is 0 Å². The summed E-state index contributed by atoms with van der Waals surface area (Å²) in [6.07, 6.45) is 4.17. The summed E-state index contributed by atoms with van der Waals surface area (Å²) in [5, 5.41) is 6.25. The van der Waals surface area contributed by atoms with Crippen molar-refractivity contribution in [3.63, 3.8) is 0 Å². The van der Waals surface area contributed by atoms with Gasteiger partial charge in [-0.05, 0) is 50.2 Å². The molecule has 0 bridgehead atoms. The summed E-state index contributed by atoms with van der Waals surface area (Å²) in [7, 11) is 1.83. The normalized spacial score (nSPS) is 14.7. The molecule has 0 radical (unpaired) electrons. The average Bonchev–Trinajstić information content (AvgIpc) is 3.10. The Morgan fingerprint density at radius 3 is 2.57 bits per heavy atom. The fourth-order valence-corrected chi connectivity index (χ4v) is 2.64. The minimum Gasteiger partial charge on any atom is -0.492 e. The summed E-state index contributed by atoms with van der Waals surface area (Å²) < 4.78 is 5.80. The van der Waals surface area contributed by atoms with Gasteiger partial charge in [-0.1, -0.05) is 0 Å². The molecular formula is C17H23N5O. The van der Waals surface area contributed by atoms with Crippen LogP contribution in [0.3, 0.4) is 0 Å². The molecule has 0 unspecified atom stereocenters. The van der Waals surface area contributed by atoms with E-state index in [-0.39, 0.29) is 0 Å². The van der Waals surface area contributed by atoms with Gasteiger partial charge >= 0.3 is 0 Å². The van der Waals surface area contributed by atoms with Crippen molar-refractivity contribution in [3.8, 4) is 5.75 Å². The average molecular weight is 313 g/mol. The lowest BCUT2D eigenvalue weighted by atomic mass is 10.3. The fraction of sp³-hybridized carbons (Fsp3) is 0.412. The zero-order valence-electron chi connectivity index (χ0n) is 13.5. The van der Waals surface area contributed by atoms with Crippen LogP contribution in [0.15, 0.2) is 36.7 Å². The molecule has 1 fully saturated rings. The molecule has 0 aliphatic carbocycles. The Hall–Kier alpha value is -2.34. The molecule has 6 heteroatoms. The second-order valence-electron chi connectivity index (χ2n) is 5.59. The van der Waals surface area contributed by atoms with Crippen molar-refractivity contribution in [2.45, 2.75) is 12.8 Å². The van der Waals surface area contributed by atoms with E-state index in [1.165, 1.54) is 32.3 Å². The van der Waals surface area contributed by atoms with Crippen LogP contribution >= 0.6 is 0 Å². The first-order valence-electron chi connectivity index (χ1n) is 8.05. The van der Waals surface area contributed by atoms with Gasteiger partial charge < -0.3 is 15.4 Å². The van der Waals surface area contributed by atoms with Crippen molar-refractivity contribution < 1.29 is 4.74 Å². The van der Waals surface area contributed by atoms with Crippen LogP contribution in [-0.2, 0) is 0 Å². The van der Waals surface area contributed by atoms with E-state index in [2.05, 4.69) is 25.5 Å². The first-order chi connectivity index (χ1) is 11.3. The second-order valence-corrected chi connectivity index (χ2v) is 5.59. The number of nitrogens with one attached hydrogen (secondary N) is 2. The molecule has 23 heavy (non-hydrogen) atoms. The van der Waals surface area contributed by atoms with Crippen molar-refractivity contribution in [2.24, 2.45) is 0 Å². The summed E-state index contributed by atoms with van der Waals surface area (Å²) in [5.41, 5.74) is 0.970. The zero-order valence-corrected chi connectivity index (χ0v) is 13.5. The standard InChI is InChI=1S/C17H23N5O/c1-18-16-12-17(20-13-19-16)21-14-4-6-15(7-5-14)23-11-10-22-8-2-3-9-22/h4-7,12-13H,2-3,8-11H2,1H3,(H2,18,19,20,21). The lowest BCUT2D eigenvalue weighted by Crippen LogP contribution is -2.25. The van der Waals surface area contributed by atoms with Gasteiger partial charge in [-0.3, -0.25) is 4.90 Å². The highest BCUT2D eigenvalue weighted by Crippen LogP contribution is 2.20. The molecule has 0 atom stereocenters. The van der Waals surface area contributed by atoms with Crippen molar-refractivity contribution >= 4 is 17.3 Å². The van der Waals surface area contributed by atoms with Crippen LogP contribution in [0.4, 0.5) is 17.3 Å². The number of anilines is 3. The Kier molecular flexibility index (Phi) is 5.26. The lowest BCUT2D eigenvalue weighted by Gasteiger charge is -2.15. The van der Waals surface area contributed by atoms with Crippen LogP contribution in [0.2, 0.25) is 0 Å². The minimum absolute atomic E-state index is 0.740. The Morgan fingerprint density at radius 2 is 1.83 bits per heavy atom. The molecule has 6 nitrogen and oxygen atoms in total. The number of likely N-dealkylation sites (tertiary alicyclic amines) is 1. The van der Waals surface area contributed by atoms with E-state index in [0.717, 1.165) is 36.2 Å². The molecule has 0 spiro atoms. The molecule has 0 saturated carbocycles. The number of benzene rings is 1. The quantitative estimate of drug-likeness (QED) is 0.819. The molecule has 2 N–H and O–H groups in total. The van der Waals surface area contributed by atoms with E-state index >= 15 is 0 Å². The van der Waals surface area contributed by atoms with E-state index in [9.17, 15) is 0 Å². The predicted molar refractivity (Wildman–Crippen MR) is 92.5 cm³/mol. The number of ether oxygens (including phenoxy) is 1. The molecule has 1 saturated heterocycles. The molecule has 2 aromatic rings. The topological polar surface area (TPSA) is 62.3 Å². The maximum Gasteiger partial charge on any atom is 0.135 e. The molecule has 122 valence electrons. The predicted octanol–water partition coefficient (Wildman–Crippen LogP) is 2.74. The van der Waals surface area contributed by atoms with Crippen molar-refractivity contribution in [2.75, 3.05) is 43.9 Å². The molecule has 1 aliphatic rings. The molecule has 1 aliphatic heterocycles. The van der Waals surface area contributed by atoms with Gasteiger partial charge in [-0.25, -0.2) is 9.97 Å². The van der Waals surface area contributed by atoms with Crippen LogP contribution < -0.4 is 15.4 Å². The first kappa shape index (κ1) is 15.6. The highest BCUT2D eigenvalue weighted by molar-refractivity contribution is 5.59. The maximum atomic E-state index is 5.80. The van der Waals surface area contributed by atoms with Gasteiger partial charge in [0, 0.05) is 25.3 Å². The summed E-state index contributed by atoms with van der Waals surface area (Å²) in [6, 6.07) is 9.80. The van der Waals surface area contributed by atoms with Crippen molar-refractivity contribution in [1.29, 1.82) is 0 Å². The van der Waals surface area contributed by atoms with Crippen molar-refractivity contribution in [1.82, 2.24) is 14.9 Å². The largest absolute Gasteiger partial charge is 0.492 e. The Morgan fingerprint density at radius 1 is 1.09 bits per heavy atom. The molecule has 3 rings (SSSR count). The first-order valence-corrected chi connectivity index (χ1v) is 8.05. The third-order valence-electron chi connectivity index (χ3n) is 3.92. The number of nitrogens with zero attached hydrogens (tertiary/aromatic N) is 3. The second kappa shape index (κ2) is 7.78. The van der Waals surface area contributed by atoms with E-state index < -0.39 is 0 Å². The number of aromatic nitrogens is 2. The van der Waals surface area contributed by atoms with Gasteiger partial charge in [0.05, 0.1) is 0 Å². The van der Waals surface area contributed by atoms with Crippen LogP contribution in [0.1, 0.15) is 12.8 Å². The Labute approximate surface area is 136 Å². The minimum atomic E-state index is 0.740. The number of hydrogen-bond donors (Lipinski definition) is 2. The Bertz CT molecular complexity index is 611. The fourth-order valence-electron chi connectivity index (χ4n) is 2.64. The lowest BCUT2D eigenvalue weighted by molar-refractivity contribution is 0.238. The van der Waals surface area contributed by atoms with Crippen LogP contribution in [0, 0.1) is 0 Å². The SMILES string of the molecule is CNc1cc(Nc2ccc(OCCN3CCCC3)cc2)ncn1. The summed E-state index contributed by atoms with van der Waals surface area (Å²) in [5.74, 6) is 2.43. The van der Waals surface area contributed by atoms with E-state index in [1.54, 1.807) is 0 Å². The summed E-state index contributed by atoms with van der Waals surface area (Å²) >= 11 is 0. The third kappa shape index (κ3) is 4.56. The van der Waals surface area contributed by atoms with E-state index in [4.69, 9.17) is 4.74 Å². The van der Waals surface area contributed by atoms with Gasteiger partial charge in [0.1, 0.15) is 30.3 Å². The zero-order chi connectivity index (χ0) is 15.9. The van der Waals surface area contributed by atoms with Crippen molar-refractivity contribution in [3.05, 3.63) is 36.7 Å². The van der Waals surface area contributed by atoms with Gasteiger partial charge in [-0.15, -0.1) is 0 Å². The molecule has 1 aromatic carbocycles. The highest BCUT2D eigenvalue weighted by Gasteiger charge is 2.10. The molecule has 2 heterocycles.